The second kappa shape index (κ2) is 6.48. The first-order valence-corrected chi connectivity index (χ1v) is 11.0. The summed E-state index contributed by atoms with van der Waals surface area (Å²) in [7, 11) is -2.50. The molecule has 27 heavy (non-hydrogen) atoms. The molecule has 3 heterocycles. The van der Waals surface area contributed by atoms with E-state index in [4.69, 9.17) is 5.73 Å². The highest BCUT2D eigenvalue weighted by atomic mass is 32.2. The molecule has 1 aromatic carbocycles. The molecule has 4 rings (SSSR count). The molecule has 138 valence electrons. The highest BCUT2D eigenvalue weighted by Crippen LogP contribution is 2.34. The highest BCUT2D eigenvalue weighted by molar-refractivity contribution is 7.93. The van der Waals surface area contributed by atoms with E-state index in [-0.39, 0.29) is 9.77 Å². The average molecular weight is 419 g/mol. The molecule has 10 heteroatoms. The zero-order valence-corrected chi connectivity index (χ0v) is 16.5. The van der Waals surface area contributed by atoms with E-state index in [0.717, 1.165) is 31.7 Å². The van der Waals surface area contributed by atoms with Gasteiger partial charge in [-0.1, -0.05) is 12.1 Å². The second-order valence-corrected chi connectivity index (χ2v) is 9.46. The van der Waals surface area contributed by atoms with E-state index in [1.807, 2.05) is 17.5 Å². The van der Waals surface area contributed by atoms with Gasteiger partial charge in [-0.15, -0.1) is 22.7 Å². The summed E-state index contributed by atoms with van der Waals surface area (Å²) in [6.07, 6.45) is 1.71. The molecular weight excluding hydrogens is 404 g/mol. The van der Waals surface area contributed by atoms with Crippen molar-refractivity contribution in [1.82, 2.24) is 9.97 Å². The number of amides is 1. The molecule has 0 aliphatic heterocycles. The molecule has 0 saturated carbocycles. The maximum atomic E-state index is 13.1. The van der Waals surface area contributed by atoms with Crippen LogP contribution in [0.1, 0.15) is 9.67 Å². The Morgan fingerprint density at radius 3 is 2.74 bits per heavy atom. The zero-order valence-electron chi connectivity index (χ0n) is 14.0. The second-order valence-electron chi connectivity index (χ2n) is 5.71. The van der Waals surface area contributed by atoms with E-state index in [9.17, 15) is 13.2 Å². The Hall–Kier alpha value is -2.69. The molecule has 0 unspecified atom stereocenters. The normalized spacial score (nSPS) is 11.7. The van der Waals surface area contributed by atoms with Gasteiger partial charge in [0.15, 0.2) is 0 Å². The summed E-state index contributed by atoms with van der Waals surface area (Å²) < 4.78 is 27.4. The fraction of sp³-hybridized carbons (Fsp3) is 0.0588. The van der Waals surface area contributed by atoms with Crippen molar-refractivity contribution in [3.05, 3.63) is 52.2 Å². The number of sulfonamides is 1. The van der Waals surface area contributed by atoms with Crippen molar-refractivity contribution in [2.24, 2.45) is 5.73 Å². The van der Waals surface area contributed by atoms with Crippen molar-refractivity contribution in [3.63, 3.8) is 0 Å². The van der Waals surface area contributed by atoms with Crippen molar-refractivity contribution in [2.75, 3.05) is 11.4 Å². The summed E-state index contributed by atoms with van der Waals surface area (Å²) in [4.78, 5) is 19.0. The minimum Gasteiger partial charge on any atom is -0.365 e. The molecule has 0 radical (unpaired) electrons. The van der Waals surface area contributed by atoms with Crippen LogP contribution in [0.4, 0.5) is 5.69 Å². The van der Waals surface area contributed by atoms with Gasteiger partial charge < -0.3 is 10.7 Å². The van der Waals surface area contributed by atoms with Crippen LogP contribution in [0.2, 0.25) is 0 Å². The van der Waals surface area contributed by atoms with Gasteiger partial charge in [-0.05, 0) is 23.6 Å². The molecule has 3 N–H and O–H groups in total. The van der Waals surface area contributed by atoms with Gasteiger partial charge in [-0.3, -0.25) is 9.10 Å². The number of carbonyl (C=O) groups excluding carboxylic acids is 1. The molecule has 4 aromatic rings. The van der Waals surface area contributed by atoms with Crippen LogP contribution in [0.3, 0.4) is 0 Å². The van der Waals surface area contributed by atoms with Crippen LogP contribution in [0.25, 0.3) is 21.6 Å². The summed E-state index contributed by atoms with van der Waals surface area (Å²) in [6, 6.07) is 8.71. The summed E-state index contributed by atoms with van der Waals surface area (Å²) >= 11 is 2.50. The molecule has 0 atom stereocenters. The van der Waals surface area contributed by atoms with Gasteiger partial charge in [0.1, 0.15) is 14.8 Å². The molecule has 0 saturated heterocycles. The molecule has 0 fully saturated rings. The molecule has 0 aliphatic rings. The Bertz CT molecular complexity index is 1240. The van der Waals surface area contributed by atoms with E-state index in [0.29, 0.717) is 11.2 Å². The summed E-state index contributed by atoms with van der Waals surface area (Å²) in [5.74, 6) is -0.763. The van der Waals surface area contributed by atoms with Crippen LogP contribution in [0.15, 0.2) is 52.2 Å². The van der Waals surface area contributed by atoms with E-state index in [2.05, 4.69) is 9.97 Å². The van der Waals surface area contributed by atoms with E-state index < -0.39 is 15.9 Å². The molecular formula is C17H14N4O3S3. The lowest BCUT2D eigenvalue weighted by molar-refractivity contribution is 0.100. The predicted molar refractivity (Wildman–Crippen MR) is 108 cm³/mol. The van der Waals surface area contributed by atoms with Crippen LogP contribution in [0.5, 0.6) is 0 Å². The zero-order chi connectivity index (χ0) is 19.2. The first kappa shape index (κ1) is 17.7. The fourth-order valence-electron chi connectivity index (χ4n) is 2.83. The first-order valence-electron chi connectivity index (χ1n) is 7.77. The van der Waals surface area contributed by atoms with Gasteiger partial charge in [0.05, 0.1) is 16.9 Å². The largest absolute Gasteiger partial charge is 0.365 e. The molecule has 3 aromatic heterocycles. The van der Waals surface area contributed by atoms with Crippen LogP contribution >= 0.6 is 22.7 Å². The number of fused-ring (bicyclic) bond motifs is 1. The van der Waals surface area contributed by atoms with Gasteiger partial charge in [0.25, 0.3) is 15.9 Å². The third kappa shape index (κ3) is 2.91. The van der Waals surface area contributed by atoms with Gasteiger partial charge in [0, 0.05) is 24.0 Å². The molecule has 0 aliphatic carbocycles. The Balaban J connectivity index is 1.84. The summed E-state index contributed by atoms with van der Waals surface area (Å²) in [6.45, 7) is 0. The van der Waals surface area contributed by atoms with Crippen LogP contribution < -0.4 is 10.0 Å². The van der Waals surface area contributed by atoms with Gasteiger partial charge in [0.2, 0.25) is 0 Å². The Labute approximate surface area is 163 Å². The number of nitrogens with zero attached hydrogens (tertiary/aromatic N) is 2. The van der Waals surface area contributed by atoms with Crippen molar-refractivity contribution < 1.29 is 13.2 Å². The molecule has 7 nitrogen and oxygen atoms in total. The van der Waals surface area contributed by atoms with Crippen LogP contribution in [-0.4, -0.2) is 31.3 Å². The number of hydrogen-bond donors (Lipinski definition) is 2. The van der Waals surface area contributed by atoms with E-state index in [1.54, 1.807) is 18.3 Å². The van der Waals surface area contributed by atoms with Crippen molar-refractivity contribution >= 4 is 55.2 Å². The maximum absolute atomic E-state index is 13.1. The number of benzene rings is 1. The number of primary amides is 1. The van der Waals surface area contributed by atoms with Crippen molar-refractivity contribution in [1.29, 1.82) is 0 Å². The number of anilines is 1. The molecule has 0 bridgehead atoms. The topological polar surface area (TPSA) is 109 Å². The number of hydrogen-bond acceptors (Lipinski definition) is 6. The third-order valence-electron chi connectivity index (χ3n) is 4.13. The quantitative estimate of drug-likeness (QED) is 0.518. The number of aromatic nitrogens is 2. The van der Waals surface area contributed by atoms with Gasteiger partial charge >= 0.3 is 0 Å². The van der Waals surface area contributed by atoms with Crippen molar-refractivity contribution in [2.45, 2.75) is 4.90 Å². The Kier molecular flexibility index (Phi) is 4.25. The number of thiophene rings is 1. The molecule has 0 spiro atoms. The Morgan fingerprint density at radius 1 is 1.22 bits per heavy atom. The van der Waals surface area contributed by atoms with Gasteiger partial charge in [-0.25, -0.2) is 13.4 Å². The number of thiazole rings is 1. The van der Waals surface area contributed by atoms with E-state index >= 15 is 0 Å². The van der Waals surface area contributed by atoms with E-state index in [1.165, 1.54) is 29.8 Å². The maximum Gasteiger partial charge on any atom is 0.265 e. The number of H-pyrrole nitrogens is 1. The van der Waals surface area contributed by atoms with Gasteiger partial charge in [-0.2, -0.15) is 0 Å². The predicted octanol–water partition coefficient (Wildman–Crippen LogP) is 3.28. The van der Waals surface area contributed by atoms with Crippen molar-refractivity contribution in [3.8, 4) is 10.7 Å². The number of aromatic amines is 1. The number of rotatable bonds is 5. The average Bonchev–Trinajstić information content (AvgIpc) is 3.39. The summed E-state index contributed by atoms with van der Waals surface area (Å²) in [5.41, 5.74) is 7.27. The third-order valence-corrected chi connectivity index (χ3v) is 7.81. The number of nitrogens with two attached hydrogens (primary N) is 1. The summed E-state index contributed by atoms with van der Waals surface area (Å²) in [5, 5.41) is 5.09. The lowest BCUT2D eigenvalue weighted by Gasteiger charge is -2.20. The SMILES string of the molecule is CN(c1cccc2cc(-c3nccs3)[nH]c12)S(=O)(=O)c1ccsc1C(N)=O. The smallest absolute Gasteiger partial charge is 0.265 e. The molecule has 1 amide bonds. The van der Waals surface area contributed by atoms with Crippen LogP contribution in [-0.2, 0) is 10.0 Å². The number of carbonyl (C=O) groups is 1. The highest BCUT2D eigenvalue weighted by Gasteiger charge is 2.28. The van der Waals surface area contributed by atoms with Crippen LogP contribution in [0, 0.1) is 0 Å². The monoisotopic (exact) mass is 418 g/mol. The minimum absolute atomic E-state index is 0.0176. The lowest BCUT2D eigenvalue weighted by atomic mass is 10.2. The Morgan fingerprint density at radius 2 is 2.04 bits per heavy atom. The number of nitrogens with one attached hydrogen (secondary N) is 1. The first-order chi connectivity index (χ1) is 12.9. The fourth-order valence-corrected chi connectivity index (χ4v) is 5.91. The standard InChI is InChI=1S/C17H14N4O3S3/c1-21(27(23,24)13-5-7-25-15(13)16(18)22)12-4-2-3-10-9-11(20-14(10)12)17-19-6-8-26-17/h2-9,20H,1H3,(H2,18,22). The number of para-hydroxylation sites is 1. The lowest BCUT2D eigenvalue weighted by Crippen LogP contribution is -2.28. The minimum atomic E-state index is -3.95.